The number of benzene rings is 1. The molecule has 3 heterocycles. The molecule has 2 aliphatic heterocycles. The Labute approximate surface area is 168 Å². The molecule has 1 aromatic carbocycles. The van der Waals surface area contributed by atoms with Crippen molar-refractivity contribution >= 4 is 28.4 Å². The van der Waals surface area contributed by atoms with Crippen molar-refractivity contribution in [2.75, 3.05) is 44.2 Å². The van der Waals surface area contributed by atoms with Gasteiger partial charge in [0.05, 0.1) is 16.8 Å². The predicted octanol–water partition coefficient (Wildman–Crippen LogP) is 1.82. The first-order chi connectivity index (χ1) is 14.0. The normalized spacial score (nSPS) is 16.9. The number of halogens is 1. The maximum absolute atomic E-state index is 14.1. The van der Waals surface area contributed by atoms with E-state index in [-0.39, 0.29) is 5.82 Å². The van der Waals surface area contributed by atoms with E-state index in [9.17, 15) is 19.2 Å². The van der Waals surface area contributed by atoms with E-state index in [1.807, 2.05) is 4.90 Å². The number of aromatic nitrogens is 1. The average Bonchev–Trinajstić information content (AvgIpc) is 3.26. The van der Waals surface area contributed by atoms with Crippen LogP contribution in [0.5, 0.6) is 0 Å². The molecule has 1 aromatic heterocycles. The number of anilines is 1. The lowest BCUT2D eigenvalue weighted by molar-refractivity contribution is -0.151. The fraction of sp³-hybridized carbons (Fsp3) is 0.429. The Kier molecular flexibility index (Phi) is 5.05. The van der Waals surface area contributed by atoms with Crippen LogP contribution in [0.4, 0.5) is 10.1 Å². The van der Waals surface area contributed by atoms with Gasteiger partial charge in [-0.3, -0.25) is 14.6 Å². The minimum Gasteiger partial charge on any atom is -0.366 e. The summed E-state index contributed by atoms with van der Waals surface area (Å²) in [4.78, 5) is 34.4. The number of amides is 2. The summed E-state index contributed by atoms with van der Waals surface area (Å²) in [5.74, 6) is -1.27. The number of carbonyl (C=O) groups is 2. The van der Waals surface area contributed by atoms with Crippen molar-refractivity contribution in [2.24, 2.45) is 0 Å². The topological polar surface area (TPSA) is 80.5 Å². The molecule has 4 rings (SSSR count). The predicted molar refractivity (Wildman–Crippen MR) is 106 cm³/mol. The third kappa shape index (κ3) is 3.48. The number of piperazine rings is 1. The number of likely N-dealkylation sites (tertiary alicyclic amines) is 1. The molecule has 0 unspecified atom stereocenters. The van der Waals surface area contributed by atoms with E-state index in [0.717, 1.165) is 12.8 Å². The second-order valence-corrected chi connectivity index (χ2v) is 7.53. The summed E-state index contributed by atoms with van der Waals surface area (Å²) in [6.07, 6.45) is 3.39. The van der Waals surface area contributed by atoms with Crippen molar-refractivity contribution in [3.05, 3.63) is 35.3 Å². The Hall–Kier alpha value is -3.21. The lowest BCUT2D eigenvalue weighted by Crippen LogP contribution is -2.53. The Morgan fingerprint density at radius 3 is 2.28 bits per heavy atom. The summed E-state index contributed by atoms with van der Waals surface area (Å²) in [5.41, 5.74) is 2.37. The number of nitriles is 1. The summed E-state index contributed by atoms with van der Waals surface area (Å²) >= 11 is 0. The molecule has 8 heteroatoms. The summed E-state index contributed by atoms with van der Waals surface area (Å²) in [6, 6.07) is 4.97. The van der Waals surface area contributed by atoms with E-state index in [1.165, 1.54) is 18.3 Å². The first-order valence-corrected chi connectivity index (χ1v) is 9.81. The van der Waals surface area contributed by atoms with E-state index in [4.69, 9.17) is 0 Å². The first kappa shape index (κ1) is 19.1. The molecule has 0 saturated carbocycles. The van der Waals surface area contributed by atoms with Crippen LogP contribution < -0.4 is 4.90 Å². The fourth-order valence-corrected chi connectivity index (χ4v) is 4.17. The molecule has 150 valence electrons. The van der Waals surface area contributed by atoms with E-state index in [1.54, 1.807) is 16.7 Å². The van der Waals surface area contributed by atoms with Gasteiger partial charge in [-0.2, -0.15) is 5.26 Å². The minimum atomic E-state index is -0.464. The van der Waals surface area contributed by atoms with Gasteiger partial charge in [-0.05, 0) is 37.5 Å². The number of fused-ring (bicyclic) bond motifs is 1. The molecule has 2 aliphatic rings. The SMILES string of the molecule is Cc1cc(F)cc2c(N3CCN(C(=O)C(=O)N4CCCC4)CC3)c(C#N)cnc12. The van der Waals surface area contributed by atoms with Crippen LogP contribution in [-0.4, -0.2) is 65.9 Å². The molecule has 0 spiro atoms. The van der Waals surface area contributed by atoms with Gasteiger partial charge < -0.3 is 14.7 Å². The molecule has 0 atom stereocenters. The van der Waals surface area contributed by atoms with Crippen LogP contribution in [0.2, 0.25) is 0 Å². The lowest BCUT2D eigenvalue weighted by atomic mass is 10.0. The maximum atomic E-state index is 14.1. The molecule has 2 fully saturated rings. The number of pyridine rings is 1. The second kappa shape index (κ2) is 7.66. The second-order valence-electron chi connectivity index (χ2n) is 7.53. The van der Waals surface area contributed by atoms with E-state index in [0.29, 0.717) is 67.0 Å². The zero-order valence-electron chi connectivity index (χ0n) is 16.3. The van der Waals surface area contributed by atoms with Crippen molar-refractivity contribution in [3.8, 4) is 6.07 Å². The van der Waals surface area contributed by atoms with Crippen LogP contribution >= 0.6 is 0 Å². The Bertz CT molecular complexity index is 1020. The first-order valence-electron chi connectivity index (χ1n) is 9.81. The van der Waals surface area contributed by atoms with Gasteiger partial charge in [-0.1, -0.05) is 0 Å². The van der Waals surface area contributed by atoms with Crippen molar-refractivity contribution in [2.45, 2.75) is 19.8 Å². The number of rotatable bonds is 1. The number of nitrogens with zero attached hydrogens (tertiary/aromatic N) is 5. The fourth-order valence-electron chi connectivity index (χ4n) is 4.17. The summed E-state index contributed by atoms with van der Waals surface area (Å²) in [5, 5.41) is 10.1. The molecular weight excluding hydrogens is 373 g/mol. The summed E-state index contributed by atoms with van der Waals surface area (Å²) in [6.45, 7) is 4.75. The Morgan fingerprint density at radius 2 is 1.66 bits per heavy atom. The maximum Gasteiger partial charge on any atom is 0.312 e. The van der Waals surface area contributed by atoms with Crippen molar-refractivity contribution in [3.63, 3.8) is 0 Å². The highest BCUT2D eigenvalue weighted by Gasteiger charge is 2.31. The van der Waals surface area contributed by atoms with Gasteiger partial charge in [0.2, 0.25) is 0 Å². The monoisotopic (exact) mass is 395 g/mol. The Morgan fingerprint density at radius 1 is 1.03 bits per heavy atom. The standard InChI is InChI=1S/C21H22FN5O2/c1-14-10-16(22)11-17-18(14)24-13-15(12-23)19(17)25-6-8-27(9-7-25)21(29)20(28)26-4-2-3-5-26/h10-11,13H,2-9H2,1H3. The number of hydrogen-bond acceptors (Lipinski definition) is 5. The van der Waals surface area contributed by atoms with E-state index < -0.39 is 11.8 Å². The number of carbonyl (C=O) groups excluding carboxylic acids is 2. The molecule has 7 nitrogen and oxygen atoms in total. The molecule has 0 bridgehead atoms. The lowest BCUT2D eigenvalue weighted by Gasteiger charge is -2.37. The third-order valence-electron chi connectivity index (χ3n) is 5.68. The van der Waals surface area contributed by atoms with Crippen LogP contribution in [0, 0.1) is 24.1 Å². The van der Waals surface area contributed by atoms with Crippen LogP contribution in [0.15, 0.2) is 18.3 Å². The van der Waals surface area contributed by atoms with Crippen LogP contribution in [0.1, 0.15) is 24.0 Å². The van der Waals surface area contributed by atoms with Gasteiger partial charge in [0.15, 0.2) is 0 Å². The minimum absolute atomic E-state index is 0.371. The molecule has 29 heavy (non-hydrogen) atoms. The summed E-state index contributed by atoms with van der Waals surface area (Å²) < 4.78 is 14.1. The van der Waals surface area contributed by atoms with Crippen LogP contribution in [0.3, 0.4) is 0 Å². The van der Waals surface area contributed by atoms with Crippen LogP contribution in [-0.2, 0) is 9.59 Å². The number of hydrogen-bond donors (Lipinski definition) is 0. The Balaban J connectivity index is 1.57. The molecule has 2 aromatic rings. The van der Waals surface area contributed by atoms with Gasteiger partial charge >= 0.3 is 11.8 Å². The summed E-state index contributed by atoms with van der Waals surface area (Å²) in [7, 11) is 0. The highest BCUT2D eigenvalue weighted by molar-refractivity contribution is 6.35. The quantitative estimate of drug-likeness (QED) is 0.688. The third-order valence-corrected chi connectivity index (χ3v) is 5.68. The highest BCUT2D eigenvalue weighted by Crippen LogP contribution is 2.32. The van der Waals surface area contributed by atoms with Crippen LogP contribution in [0.25, 0.3) is 10.9 Å². The molecule has 2 amide bonds. The zero-order chi connectivity index (χ0) is 20.5. The number of aryl methyl sites for hydroxylation is 1. The van der Waals surface area contributed by atoms with Crippen molar-refractivity contribution in [1.29, 1.82) is 5.26 Å². The van der Waals surface area contributed by atoms with E-state index in [2.05, 4.69) is 11.1 Å². The largest absolute Gasteiger partial charge is 0.366 e. The van der Waals surface area contributed by atoms with Gasteiger partial charge in [-0.25, -0.2) is 4.39 Å². The van der Waals surface area contributed by atoms with Gasteiger partial charge in [-0.15, -0.1) is 0 Å². The zero-order valence-corrected chi connectivity index (χ0v) is 16.3. The highest BCUT2D eigenvalue weighted by atomic mass is 19.1. The van der Waals surface area contributed by atoms with Gasteiger partial charge in [0.25, 0.3) is 0 Å². The molecule has 0 N–H and O–H groups in total. The van der Waals surface area contributed by atoms with E-state index >= 15 is 0 Å². The molecule has 2 saturated heterocycles. The van der Waals surface area contributed by atoms with Gasteiger partial charge in [0, 0.05) is 50.9 Å². The smallest absolute Gasteiger partial charge is 0.312 e. The van der Waals surface area contributed by atoms with Gasteiger partial charge in [0.1, 0.15) is 11.9 Å². The molecular formula is C21H22FN5O2. The molecule has 0 aliphatic carbocycles. The average molecular weight is 395 g/mol. The van der Waals surface area contributed by atoms with Crippen molar-refractivity contribution < 1.29 is 14.0 Å². The van der Waals surface area contributed by atoms with Crippen molar-refractivity contribution in [1.82, 2.24) is 14.8 Å². The molecule has 0 radical (unpaired) electrons.